The van der Waals surface area contributed by atoms with Crippen molar-refractivity contribution in [2.45, 2.75) is 44.6 Å². The fourth-order valence-electron chi connectivity index (χ4n) is 4.08. The maximum Gasteiger partial charge on any atom is 0.00981 e. The first kappa shape index (κ1) is 11.0. The van der Waals surface area contributed by atoms with Gasteiger partial charge in [-0.3, -0.25) is 0 Å². The normalized spacial score (nSPS) is 40.7. The lowest BCUT2D eigenvalue weighted by molar-refractivity contribution is 0.207. The van der Waals surface area contributed by atoms with E-state index in [0.717, 1.165) is 23.8 Å². The minimum absolute atomic E-state index is 0.887. The van der Waals surface area contributed by atoms with Crippen LogP contribution in [0.3, 0.4) is 0 Å². The largest absolute Gasteiger partial charge is 0.313 e. The SMILES string of the molecule is CN1CCC(CNC2CC3CCC2C3)CC1. The fraction of sp³-hybridized carbons (Fsp3) is 1.00. The number of piperidine rings is 1. The first-order valence-electron chi connectivity index (χ1n) is 7.23. The van der Waals surface area contributed by atoms with Crippen molar-refractivity contribution in [3.8, 4) is 0 Å². The highest BCUT2D eigenvalue weighted by Crippen LogP contribution is 2.44. The summed E-state index contributed by atoms with van der Waals surface area (Å²) in [7, 11) is 2.25. The Kier molecular flexibility index (Phi) is 3.21. The van der Waals surface area contributed by atoms with E-state index in [1.54, 1.807) is 0 Å². The summed E-state index contributed by atoms with van der Waals surface area (Å²) in [5.74, 6) is 3.08. The molecular formula is C14H26N2. The number of nitrogens with one attached hydrogen (secondary N) is 1. The molecule has 0 amide bonds. The molecule has 0 aromatic rings. The van der Waals surface area contributed by atoms with Crippen molar-refractivity contribution in [2.24, 2.45) is 17.8 Å². The van der Waals surface area contributed by atoms with Gasteiger partial charge in [-0.25, -0.2) is 0 Å². The molecule has 2 bridgehead atoms. The van der Waals surface area contributed by atoms with Gasteiger partial charge in [-0.15, -0.1) is 0 Å². The summed E-state index contributed by atoms with van der Waals surface area (Å²) in [5, 5.41) is 3.88. The summed E-state index contributed by atoms with van der Waals surface area (Å²) < 4.78 is 0. The molecule has 2 aliphatic carbocycles. The van der Waals surface area contributed by atoms with E-state index in [9.17, 15) is 0 Å². The van der Waals surface area contributed by atoms with Crippen LogP contribution in [0.5, 0.6) is 0 Å². The van der Waals surface area contributed by atoms with Crippen LogP contribution >= 0.6 is 0 Å². The second-order valence-electron chi connectivity index (χ2n) is 6.44. The van der Waals surface area contributed by atoms with Crippen molar-refractivity contribution in [1.29, 1.82) is 0 Å². The molecule has 0 radical (unpaired) electrons. The molecule has 1 saturated heterocycles. The summed E-state index contributed by atoms with van der Waals surface area (Å²) in [4.78, 5) is 2.47. The highest BCUT2D eigenvalue weighted by Gasteiger charge is 2.39. The lowest BCUT2D eigenvalue weighted by Crippen LogP contribution is -2.40. The zero-order valence-corrected chi connectivity index (χ0v) is 10.6. The van der Waals surface area contributed by atoms with Crippen LogP contribution in [0.15, 0.2) is 0 Å². The number of nitrogens with zero attached hydrogens (tertiary/aromatic N) is 1. The van der Waals surface area contributed by atoms with Crippen LogP contribution in [0.4, 0.5) is 0 Å². The molecule has 3 aliphatic rings. The Morgan fingerprint density at radius 2 is 1.88 bits per heavy atom. The first-order chi connectivity index (χ1) is 7.81. The highest BCUT2D eigenvalue weighted by molar-refractivity contribution is 4.94. The second kappa shape index (κ2) is 4.66. The molecule has 1 aliphatic heterocycles. The molecule has 0 aromatic heterocycles. The molecule has 2 heteroatoms. The predicted octanol–water partition coefficient (Wildman–Crippen LogP) is 2.11. The van der Waals surface area contributed by atoms with E-state index in [4.69, 9.17) is 0 Å². The molecule has 92 valence electrons. The second-order valence-corrected chi connectivity index (χ2v) is 6.44. The number of hydrogen-bond donors (Lipinski definition) is 1. The summed E-state index contributed by atoms with van der Waals surface area (Å²) in [6.45, 7) is 3.91. The van der Waals surface area contributed by atoms with Gasteiger partial charge in [0, 0.05) is 6.04 Å². The molecule has 0 aromatic carbocycles. The Bertz CT molecular complexity index is 233. The lowest BCUT2D eigenvalue weighted by Gasteiger charge is -2.31. The van der Waals surface area contributed by atoms with E-state index in [2.05, 4.69) is 17.3 Å². The Morgan fingerprint density at radius 3 is 2.50 bits per heavy atom. The van der Waals surface area contributed by atoms with Gasteiger partial charge >= 0.3 is 0 Å². The van der Waals surface area contributed by atoms with Gasteiger partial charge in [0.1, 0.15) is 0 Å². The predicted molar refractivity (Wildman–Crippen MR) is 67.5 cm³/mol. The third-order valence-corrected chi connectivity index (χ3v) is 5.24. The van der Waals surface area contributed by atoms with Crippen molar-refractivity contribution >= 4 is 0 Å². The quantitative estimate of drug-likeness (QED) is 0.787. The van der Waals surface area contributed by atoms with Gasteiger partial charge in [-0.1, -0.05) is 6.42 Å². The molecule has 3 unspecified atom stereocenters. The lowest BCUT2D eigenvalue weighted by atomic mass is 9.93. The van der Waals surface area contributed by atoms with Gasteiger partial charge in [0.25, 0.3) is 0 Å². The number of hydrogen-bond acceptors (Lipinski definition) is 2. The van der Waals surface area contributed by atoms with Crippen LogP contribution in [-0.4, -0.2) is 37.6 Å². The molecule has 1 heterocycles. The maximum absolute atomic E-state index is 3.88. The Hall–Kier alpha value is -0.0800. The first-order valence-corrected chi connectivity index (χ1v) is 7.23. The molecule has 3 rings (SSSR count). The van der Waals surface area contributed by atoms with Gasteiger partial charge in [-0.2, -0.15) is 0 Å². The van der Waals surface area contributed by atoms with Crippen LogP contribution in [0.1, 0.15) is 38.5 Å². The van der Waals surface area contributed by atoms with E-state index in [1.807, 2.05) is 0 Å². The molecule has 2 nitrogen and oxygen atoms in total. The Balaban J connectivity index is 1.40. The molecule has 3 atom stereocenters. The van der Waals surface area contributed by atoms with Crippen LogP contribution in [0, 0.1) is 17.8 Å². The highest BCUT2D eigenvalue weighted by atomic mass is 15.1. The standard InChI is InChI=1S/C14H26N2/c1-16-6-4-11(5-7-16)10-15-14-9-12-2-3-13(14)8-12/h11-15H,2-10H2,1H3. The van der Waals surface area contributed by atoms with Crippen molar-refractivity contribution in [3.05, 3.63) is 0 Å². The zero-order valence-electron chi connectivity index (χ0n) is 10.6. The minimum atomic E-state index is 0.887. The van der Waals surface area contributed by atoms with E-state index in [0.29, 0.717) is 0 Å². The minimum Gasteiger partial charge on any atom is -0.313 e. The van der Waals surface area contributed by atoms with Crippen molar-refractivity contribution in [1.82, 2.24) is 10.2 Å². The van der Waals surface area contributed by atoms with E-state index < -0.39 is 0 Å². The maximum atomic E-state index is 3.88. The third-order valence-electron chi connectivity index (χ3n) is 5.24. The average Bonchev–Trinajstić information content (AvgIpc) is 2.90. The van der Waals surface area contributed by atoms with Crippen molar-refractivity contribution in [3.63, 3.8) is 0 Å². The summed E-state index contributed by atoms with van der Waals surface area (Å²) in [6.07, 6.45) is 8.86. The van der Waals surface area contributed by atoms with Crippen LogP contribution in [0.2, 0.25) is 0 Å². The topological polar surface area (TPSA) is 15.3 Å². The fourth-order valence-corrected chi connectivity index (χ4v) is 4.08. The molecular weight excluding hydrogens is 196 g/mol. The third kappa shape index (κ3) is 2.28. The summed E-state index contributed by atoms with van der Waals surface area (Å²) in [6, 6.07) is 0.887. The number of rotatable bonds is 3. The Morgan fingerprint density at radius 1 is 1.06 bits per heavy atom. The van der Waals surface area contributed by atoms with E-state index >= 15 is 0 Å². The number of fused-ring (bicyclic) bond motifs is 2. The van der Waals surface area contributed by atoms with Gasteiger partial charge in [-0.05, 0) is 76.5 Å². The Labute approximate surface area is 99.8 Å². The molecule has 2 saturated carbocycles. The number of likely N-dealkylation sites (tertiary alicyclic amines) is 1. The summed E-state index contributed by atoms with van der Waals surface area (Å²) in [5.41, 5.74) is 0. The average molecular weight is 222 g/mol. The monoisotopic (exact) mass is 222 g/mol. The molecule has 3 fully saturated rings. The van der Waals surface area contributed by atoms with Crippen LogP contribution < -0.4 is 5.32 Å². The zero-order chi connectivity index (χ0) is 11.0. The van der Waals surface area contributed by atoms with Crippen molar-refractivity contribution < 1.29 is 0 Å². The van der Waals surface area contributed by atoms with Gasteiger partial charge in [0.05, 0.1) is 0 Å². The molecule has 16 heavy (non-hydrogen) atoms. The smallest absolute Gasteiger partial charge is 0.00981 e. The van der Waals surface area contributed by atoms with Crippen LogP contribution in [0.25, 0.3) is 0 Å². The van der Waals surface area contributed by atoms with Crippen molar-refractivity contribution in [2.75, 3.05) is 26.7 Å². The van der Waals surface area contributed by atoms with Crippen LogP contribution in [-0.2, 0) is 0 Å². The van der Waals surface area contributed by atoms with E-state index in [-0.39, 0.29) is 0 Å². The van der Waals surface area contributed by atoms with Gasteiger partial charge in [0.2, 0.25) is 0 Å². The molecule has 1 N–H and O–H groups in total. The summed E-state index contributed by atoms with van der Waals surface area (Å²) >= 11 is 0. The molecule has 0 spiro atoms. The van der Waals surface area contributed by atoms with Gasteiger partial charge in [0.15, 0.2) is 0 Å². The van der Waals surface area contributed by atoms with E-state index in [1.165, 1.54) is 58.2 Å². The van der Waals surface area contributed by atoms with Gasteiger partial charge < -0.3 is 10.2 Å².